The van der Waals surface area contributed by atoms with Gasteiger partial charge in [-0.2, -0.15) is 0 Å². The van der Waals surface area contributed by atoms with Crippen LogP contribution < -0.4 is 4.72 Å². The summed E-state index contributed by atoms with van der Waals surface area (Å²) < 4.78 is 32.7. The fraction of sp³-hybridized carbons (Fsp3) is 0.250. The second kappa shape index (κ2) is 6.84. The van der Waals surface area contributed by atoms with E-state index in [2.05, 4.69) is 14.9 Å². The van der Waals surface area contributed by atoms with Gasteiger partial charge in [-0.1, -0.05) is 12.1 Å². The second-order valence-corrected chi connectivity index (χ2v) is 8.09. The smallest absolute Gasteiger partial charge is 0.257 e. The van der Waals surface area contributed by atoms with Crippen LogP contribution in [0.1, 0.15) is 17.0 Å². The highest BCUT2D eigenvalue weighted by Gasteiger charge is 2.15. The third kappa shape index (κ3) is 3.72. The first-order chi connectivity index (χ1) is 11.5. The van der Waals surface area contributed by atoms with Gasteiger partial charge in [-0.05, 0) is 48.6 Å². The Hall–Kier alpha value is -2.03. The number of thiophene rings is 1. The second-order valence-electron chi connectivity index (χ2n) is 5.37. The Bertz CT molecular complexity index is 931. The topological polar surface area (TPSA) is 85.1 Å². The Balaban J connectivity index is 1.62. The van der Waals surface area contributed by atoms with E-state index in [0.29, 0.717) is 18.2 Å². The summed E-state index contributed by atoms with van der Waals surface area (Å²) in [4.78, 5) is 1.15. The van der Waals surface area contributed by atoms with Crippen LogP contribution in [0.25, 0.3) is 10.8 Å². The van der Waals surface area contributed by atoms with Crippen molar-refractivity contribution in [3.05, 3.63) is 52.7 Å². The van der Waals surface area contributed by atoms with E-state index in [1.54, 1.807) is 18.2 Å². The molecule has 0 saturated carbocycles. The zero-order valence-electron chi connectivity index (χ0n) is 13.3. The Kier molecular flexibility index (Phi) is 4.79. The van der Waals surface area contributed by atoms with Crippen LogP contribution >= 0.6 is 11.3 Å². The molecule has 0 aliphatic rings. The summed E-state index contributed by atoms with van der Waals surface area (Å²) in [5.41, 5.74) is 2.00. The first-order valence-corrected chi connectivity index (χ1v) is 9.75. The molecule has 0 spiro atoms. The number of hydrogen-bond acceptors (Lipinski definition) is 6. The van der Waals surface area contributed by atoms with Crippen molar-refractivity contribution in [2.45, 2.75) is 25.2 Å². The molecule has 24 heavy (non-hydrogen) atoms. The Labute approximate surface area is 144 Å². The molecule has 0 atom stereocenters. The lowest BCUT2D eigenvalue weighted by atomic mass is 10.1. The SMILES string of the molecule is Cc1ccc(S(=O)(=O)NCCc2nnc(-c3cccs3)o2)cc1C. The van der Waals surface area contributed by atoms with Crippen LogP contribution in [0.4, 0.5) is 0 Å². The fourth-order valence-corrected chi connectivity index (χ4v) is 3.87. The van der Waals surface area contributed by atoms with E-state index in [0.717, 1.165) is 16.0 Å². The van der Waals surface area contributed by atoms with E-state index < -0.39 is 10.0 Å². The van der Waals surface area contributed by atoms with Crippen molar-refractivity contribution < 1.29 is 12.8 Å². The molecule has 0 radical (unpaired) electrons. The van der Waals surface area contributed by atoms with E-state index in [1.807, 2.05) is 31.4 Å². The third-order valence-electron chi connectivity index (χ3n) is 3.62. The van der Waals surface area contributed by atoms with Crippen LogP contribution in [0.2, 0.25) is 0 Å². The highest BCUT2D eigenvalue weighted by atomic mass is 32.2. The van der Waals surface area contributed by atoms with Gasteiger partial charge in [-0.3, -0.25) is 0 Å². The lowest BCUT2D eigenvalue weighted by molar-refractivity contribution is 0.503. The molecular weight excluding hydrogens is 346 g/mol. The van der Waals surface area contributed by atoms with Crippen molar-refractivity contribution >= 4 is 21.4 Å². The van der Waals surface area contributed by atoms with Crippen molar-refractivity contribution in [3.8, 4) is 10.8 Å². The summed E-state index contributed by atoms with van der Waals surface area (Å²) in [5.74, 6) is 0.859. The van der Waals surface area contributed by atoms with E-state index in [-0.39, 0.29) is 11.4 Å². The molecule has 3 rings (SSSR count). The number of nitrogens with one attached hydrogen (secondary N) is 1. The average molecular weight is 363 g/mol. The largest absolute Gasteiger partial charge is 0.420 e. The molecule has 0 saturated heterocycles. The third-order valence-corrected chi connectivity index (χ3v) is 5.93. The lowest BCUT2D eigenvalue weighted by Gasteiger charge is -2.07. The number of aromatic nitrogens is 2. The van der Waals surface area contributed by atoms with Gasteiger partial charge in [0.1, 0.15) is 0 Å². The van der Waals surface area contributed by atoms with Gasteiger partial charge in [0.15, 0.2) is 0 Å². The normalized spacial score (nSPS) is 11.8. The number of sulfonamides is 1. The first-order valence-electron chi connectivity index (χ1n) is 7.39. The van der Waals surface area contributed by atoms with Gasteiger partial charge in [-0.15, -0.1) is 21.5 Å². The molecule has 0 unspecified atom stereocenters. The fourth-order valence-electron chi connectivity index (χ4n) is 2.11. The summed E-state index contributed by atoms with van der Waals surface area (Å²) in [5, 5.41) is 9.84. The van der Waals surface area contributed by atoms with Crippen LogP contribution in [-0.2, 0) is 16.4 Å². The Morgan fingerprint density at radius 3 is 2.71 bits per heavy atom. The zero-order chi connectivity index (χ0) is 17.2. The molecule has 3 aromatic rings. The molecule has 0 aliphatic heterocycles. The van der Waals surface area contributed by atoms with E-state index >= 15 is 0 Å². The minimum Gasteiger partial charge on any atom is -0.420 e. The van der Waals surface area contributed by atoms with E-state index in [9.17, 15) is 8.42 Å². The zero-order valence-corrected chi connectivity index (χ0v) is 14.9. The Morgan fingerprint density at radius 1 is 1.17 bits per heavy atom. The quantitative estimate of drug-likeness (QED) is 0.728. The number of benzene rings is 1. The summed E-state index contributed by atoms with van der Waals surface area (Å²) in [7, 11) is -3.54. The van der Waals surface area contributed by atoms with Gasteiger partial charge in [0.05, 0.1) is 9.77 Å². The van der Waals surface area contributed by atoms with Crippen LogP contribution in [0.5, 0.6) is 0 Å². The predicted octanol–water partition coefficient (Wildman–Crippen LogP) is 2.94. The van der Waals surface area contributed by atoms with Gasteiger partial charge in [0.25, 0.3) is 5.89 Å². The number of nitrogens with zero attached hydrogens (tertiary/aromatic N) is 2. The predicted molar refractivity (Wildman–Crippen MR) is 92.4 cm³/mol. The number of aryl methyl sites for hydroxylation is 2. The maximum absolute atomic E-state index is 12.3. The molecule has 2 heterocycles. The molecule has 0 amide bonds. The van der Waals surface area contributed by atoms with Crippen molar-refractivity contribution in [1.29, 1.82) is 0 Å². The van der Waals surface area contributed by atoms with Gasteiger partial charge in [0.2, 0.25) is 15.9 Å². The minimum atomic E-state index is -3.54. The molecule has 0 fully saturated rings. The van der Waals surface area contributed by atoms with Crippen molar-refractivity contribution in [3.63, 3.8) is 0 Å². The number of hydrogen-bond donors (Lipinski definition) is 1. The van der Waals surface area contributed by atoms with E-state index in [4.69, 9.17) is 4.42 Å². The van der Waals surface area contributed by atoms with Crippen molar-refractivity contribution in [2.75, 3.05) is 6.54 Å². The van der Waals surface area contributed by atoms with E-state index in [1.165, 1.54) is 11.3 Å². The number of rotatable bonds is 6. The monoisotopic (exact) mass is 363 g/mol. The van der Waals surface area contributed by atoms with Crippen molar-refractivity contribution in [2.24, 2.45) is 0 Å². The maximum atomic E-state index is 12.3. The molecule has 1 N–H and O–H groups in total. The average Bonchev–Trinajstić information content (AvgIpc) is 3.20. The van der Waals surface area contributed by atoms with Gasteiger partial charge in [-0.25, -0.2) is 13.1 Å². The minimum absolute atomic E-state index is 0.196. The van der Waals surface area contributed by atoms with Gasteiger partial charge < -0.3 is 4.42 Å². The summed E-state index contributed by atoms with van der Waals surface area (Å²) >= 11 is 1.51. The first kappa shape index (κ1) is 16.8. The van der Waals surface area contributed by atoms with Crippen LogP contribution in [0, 0.1) is 13.8 Å². The molecule has 0 aliphatic carbocycles. The van der Waals surface area contributed by atoms with Crippen LogP contribution in [-0.4, -0.2) is 25.2 Å². The maximum Gasteiger partial charge on any atom is 0.257 e. The molecule has 6 nitrogen and oxygen atoms in total. The molecular formula is C16H17N3O3S2. The van der Waals surface area contributed by atoms with Crippen LogP contribution in [0.15, 0.2) is 45.0 Å². The summed E-state index contributed by atoms with van der Waals surface area (Å²) in [6.45, 7) is 4.03. The van der Waals surface area contributed by atoms with Gasteiger partial charge >= 0.3 is 0 Å². The molecule has 126 valence electrons. The van der Waals surface area contributed by atoms with Gasteiger partial charge in [0, 0.05) is 13.0 Å². The van der Waals surface area contributed by atoms with Crippen molar-refractivity contribution in [1.82, 2.24) is 14.9 Å². The highest BCUT2D eigenvalue weighted by molar-refractivity contribution is 7.89. The highest BCUT2D eigenvalue weighted by Crippen LogP contribution is 2.23. The summed E-state index contributed by atoms with van der Waals surface area (Å²) in [6.07, 6.45) is 0.336. The molecule has 1 aromatic carbocycles. The molecule has 0 bridgehead atoms. The standard InChI is InChI=1S/C16H17N3O3S2/c1-11-5-6-13(10-12(11)2)24(20,21)17-8-7-15-18-19-16(22-15)14-4-3-9-23-14/h3-6,9-10,17H,7-8H2,1-2H3. The summed E-state index contributed by atoms with van der Waals surface area (Å²) in [6, 6.07) is 8.87. The van der Waals surface area contributed by atoms with Crippen LogP contribution in [0.3, 0.4) is 0 Å². The Morgan fingerprint density at radius 2 is 2.00 bits per heavy atom. The molecule has 2 aromatic heterocycles. The lowest BCUT2D eigenvalue weighted by Crippen LogP contribution is -2.26. The molecule has 8 heteroatoms.